The monoisotopic (exact) mass is 550 g/mol. The summed E-state index contributed by atoms with van der Waals surface area (Å²) in [5.41, 5.74) is 1.21. The molecule has 0 bridgehead atoms. The molecule has 0 amide bonds. The van der Waals surface area contributed by atoms with Crippen molar-refractivity contribution in [3.63, 3.8) is 0 Å². The van der Waals surface area contributed by atoms with E-state index in [1.165, 1.54) is 11.8 Å². The van der Waals surface area contributed by atoms with E-state index in [9.17, 15) is 8.42 Å². The lowest BCUT2D eigenvalue weighted by molar-refractivity contribution is 0.0906. The highest BCUT2D eigenvalue weighted by Gasteiger charge is 2.27. The second-order valence-corrected chi connectivity index (χ2v) is 10.1. The average molecular weight is 551 g/mol. The van der Waals surface area contributed by atoms with Gasteiger partial charge in [-0.2, -0.15) is 0 Å². The lowest BCUT2D eigenvalue weighted by Gasteiger charge is -2.31. The molecule has 170 valence electrons. The van der Waals surface area contributed by atoms with Crippen LogP contribution in [0, 0.1) is 11.8 Å². The lowest BCUT2D eigenvalue weighted by Crippen LogP contribution is -2.45. The number of ether oxygens (including phenoxy) is 1. The summed E-state index contributed by atoms with van der Waals surface area (Å²) in [7, 11) is -1.23. The number of nitrogens with zero attached hydrogens (tertiary/aromatic N) is 3. The van der Waals surface area contributed by atoms with E-state index in [1.807, 2.05) is 25.2 Å². The lowest BCUT2D eigenvalue weighted by atomic mass is 9.98. The van der Waals surface area contributed by atoms with Gasteiger partial charge in [0.1, 0.15) is 0 Å². The van der Waals surface area contributed by atoms with Crippen molar-refractivity contribution in [2.75, 3.05) is 52.6 Å². The fourth-order valence-corrected chi connectivity index (χ4v) is 4.97. The fraction of sp³-hybridized carbons (Fsp3) is 0.667. The molecule has 9 heteroatoms. The molecular formula is C21H35IN4O3S. The number of likely N-dealkylation sites (tertiary alicyclic amines) is 1. The van der Waals surface area contributed by atoms with Crippen molar-refractivity contribution in [2.24, 2.45) is 16.8 Å². The number of hydrogen-bond acceptors (Lipinski definition) is 4. The predicted molar refractivity (Wildman–Crippen MR) is 132 cm³/mol. The molecule has 2 saturated heterocycles. The highest BCUT2D eigenvalue weighted by atomic mass is 127. The highest BCUT2D eigenvalue weighted by molar-refractivity contribution is 14.0. The van der Waals surface area contributed by atoms with E-state index >= 15 is 0 Å². The smallest absolute Gasteiger partial charge is 0.211 e. The van der Waals surface area contributed by atoms with Crippen molar-refractivity contribution in [1.29, 1.82) is 0 Å². The predicted octanol–water partition coefficient (Wildman–Crippen LogP) is 2.39. The van der Waals surface area contributed by atoms with Gasteiger partial charge in [0.2, 0.25) is 10.0 Å². The van der Waals surface area contributed by atoms with Crippen LogP contribution in [0.5, 0.6) is 0 Å². The Morgan fingerprint density at radius 1 is 1.13 bits per heavy atom. The van der Waals surface area contributed by atoms with Gasteiger partial charge < -0.3 is 15.0 Å². The SMILES string of the molecule is CN=C(NCC1CCN(S(C)(=O)=O)CC1)N1CCC(COCc2ccccc2)C1.I. The molecule has 1 N–H and O–H groups in total. The minimum atomic E-state index is -3.06. The first-order valence-corrected chi connectivity index (χ1v) is 12.3. The Kier molecular flexibility index (Phi) is 10.3. The number of sulfonamides is 1. The van der Waals surface area contributed by atoms with Crippen LogP contribution in [0.2, 0.25) is 0 Å². The van der Waals surface area contributed by atoms with Gasteiger partial charge in [0.15, 0.2) is 5.96 Å². The molecule has 1 atom stereocenters. The number of aliphatic imine (C=N–C) groups is 1. The molecular weight excluding hydrogens is 515 g/mol. The summed E-state index contributed by atoms with van der Waals surface area (Å²) in [4.78, 5) is 6.76. The van der Waals surface area contributed by atoms with Gasteiger partial charge in [-0.3, -0.25) is 4.99 Å². The summed E-state index contributed by atoms with van der Waals surface area (Å²) in [5.74, 6) is 1.95. The summed E-state index contributed by atoms with van der Waals surface area (Å²) in [6, 6.07) is 10.3. The normalized spacial score (nSPS) is 21.5. The topological polar surface area (TPSA) is 74.2 Å². The molecule has 0 radical (unpaired) electrons. The van der Waals surface area contributed by atoms with Gasteiger partial charge in [0.05, 0.1) is 19.5 Å². The molecule has 0 saturated carbocycles. The van der Waals surface area contributed by atoms with E-state index in [-0.39, 0.29) is 24.0 Å². The standard InChI is InChI=1S/C21H34N4O3S.HI/c1-22-21(23-14-18-9-12-25(13-10-18)29(2,26)27)24-11-8-20(15-24)17-28-16-19-6-4-3-5-7-19;/h3-7,18,20H,8-17H2,1-2H3,(H,22,23);1H. The van der Waals surface area contributed by atoms with E-state index < -0.39 is 10.0 Å². The summed E-state index contributed by atoms with van der Waals surface area (Å²) in [5, 5.41) is 3.50. The summed E-state index contributed by atoms with van der Waals surface area (Å²) in [6.45, 7) is 5.47. The summed E-state index contributed by atoms with van der Waals surface area (Å²) in [6.07, 6.45) is 4.20. The minimum absolute atomic E-state index is 0. The third-order valence-corrected chi connectivity index (χ3v) is 7.16. The van der Waals surface area contributed by atoms with Crippen LogP contribution in [0.15, 0.2) is 35.3 Å². The van der Waals surface area contributed by atoms with Crippen LogP contribution in [0.3, 0.4) is 0 Å². The molecule has 2 aliphatic heterocycles. The first kappa shape index (κ1) is 25.4. The minimum Gasteiger partial charge on any atom is -0.376 e. The molecule has 7 nitrogen and oxygen atoms in total. The number of piperidine rings is 1. The van der Waals surface area contributed by atoms with Crippen molar-refractivity contribution in [3.05, 3.63) is 35.9 Å². The number of nitrogens with one attached hydrogen (secondary N) is 1. The molecule has 1 aromatic carbocycles. The second kappa shape index (κ2) is 12.2. The van der Waals surface area contributed by atoms with E-state index in [4.69, 9.17) is 4.74 Å². The zero-order valence-electron chi connectivity index (χ0n) is 18.0. The fourth-order valence-electron chi connectivity index (χ4n) is 4.09. The quantitative estimate of drug-likeness (QED) is 0.321. The van der Waals surface area contributed by atoms with Crippen LogP contribution in [0.25, 0.3) is 0 Å². The van der Waals surface area contributed by atoms with Gasteiger partial charge in [-0.1, -0.05) is 30.3 Å². The number of benzene rings is 1. The molecule has 0 aromatic heterocycles. The Balaban J connectivity index is 0.00000320. The van der Waals surface area contributed by atoms with Gasteiger partial charge in [-0.05, 0) is 30.7 Å². The Bertz CT molecular complexity index is 768. The number of guanidine groups is 1. The first-order chi connectivity index (χ1) is 14.0. The third kappa shape index (κ3) is 7.65. The van der Waals surface area contributed by atoms with Gasteiger partial charge >= 0.3 is 0 Å². The summed E-state index contributed by atoms with van der Waals surface area (Å²) < 4.78 is 30.8. The van der Waals surface area contributed by atoms with Crippen molar-refractivity contribution in [2.45, 2.75) is 25.9 Å². The second-order valence-electron chi connectivity index (χ2n) is 8.13. The van der Waals surface area contributed by atoms with Crippen LogP contribution in [0.1, 0.15) is 24.8 Å². The van der Waals surface area contributed by atoms with Crippen molar-refractivity contribution >= 4 is 40.0 Å². The van der Waals surface area contributed by atoms with Crippen molar-refractivity contribution in [3.8, 4) is 0 Å². The molecule has 2 aliphatic rings. The molecule has 2 heterocycles. The molecule has 0 aliphatic carbocycles. The zero-order chi connectivity index (χ0) is 20.7. The molecule has 1 aromatic rings. The van der Waals surface area contributed by atoms with Crippen LogP contribution in [0.4, 0.5) is 0 Å². The van der Waals surface area contributed by atoms with Crippen molar-refractivity contribution < 1.29 is 13.2 Å². The number of halogens is 1. The van der Waals surface area contributed by atoms with Crippen LogP contribution >= 0.6 is 24.0 Å². The molecule has 3 rings (SSSR count). The van der Waals surface area contributed by atoms with E-state index in [0.29, 0.717) is 31.5 Å². The molecule has 30 heavy (non-hydrogen) atoms. The molecule has 1 unspecified atom stereocenters. The van der Waals surface area contributed by atoms with Gasteiger partial charge in [-0.15, -0.1) is 24.0 Å². The van der Waals surface area contributed by atoms with E-state index in [2.05, 4.69) is 27.3 Å². The maximum Gasteiger partial charge on any atom is 0.211 e. The zero-order valence-corrected chi connectivity index (χ0v) is 21.1. The molecule has 0 spiro atoms. The first-order valence-electron chi connectivity index (χ1n) is 10.5. The summed E-state index contributed by atoms with van der Waals surface area (Å²) >= 11 is 0. The number of rotatable bonds is 7. The third-order valence-electron chi connectivity index (χ3n) is 5.85. The van der Waals surface area contributed by atoms with E-state index in [0.717, 1.165) is 51.5 Å². The average Bonchev–Trinajstić information content (AvgIpc) is 3.18. The Labute approximate surface area is 198 Å². The molecule has 2 fully saturated rings. The van der Waals surface area contributed by atoms with Gasteiger partial charge in [0.25, 0.3) is 0 Å². The van der Waals surface area contributed by atoms with Crippen molar-refractivity contribution in [1.82, 2.24) is 14.5 Å². The van der Waals surface area contributed by atoms with E-state index in [1.54, 1.807) is 4.31 Å². The Hall–Kier alpha value is -0.910. The highest BCUT2D eigenvalue weighted by Crippen LogP contribution is 2.20. The van der Waals surface area contributed by atoms with Crippen LogP contribution in [-0.4, -0.2) is 76.2 Å². The van der Waals surface area contributed by atoms with Crippen LogP contribution in [-0.2, 0) is 21.4 Å². The maximum atomic E-state index is 11.6. The van der Waals surface area contributed by atoms with Gasteiger partial charge in [0, 0.05) is 45.7 Å². The Morgan fingerprint density at radius 2 is 1.80 bits per heavy atom. The number of hydrogen-bond donors (Lipinski definition) is 1. The van der Waals surface area contributed by atoms with Gasteiger partial charge in [-0.25, -0.2) is 12.7 Å². The Morgan fingerprint density at radius 3 is 2.43 bits per heavy atom. The largest absolute Gasteiger partial charge is 0.376 e. The maximum absolute atomic E-state index is 11.6. The van der Waals surface area contributed by atoms with Crippen LogP contribution < -0.4 is 5.32 Å².